The van der Waals surface area contributed by atoms with Gasteiger partial charge < -0.3 is 50.6 Å². The van der Waals surface area contributed by atoms with E-state index in [4.69, 9.17) is 19.9 Å². The van der Waals surface area contributed by atoms with Crippen molar-refractivity contribution in [1.82, 2.24) is 0 Å². The maximum absolute atomic E-state index is 13.1. The fourth-order valence-corrected chi connectivity index (χ4v) is 5.14. The van der Waals surface area contributed by atoms with Crippen molar-refractivity contribution in [2.45, 2.75) is 58.0 Å². The normalized spacial score (nSPS) is 25.7. The van der Waals surface area contributed by atoms with Gasteiger partial charge >= 0.3 is 6.09 Å². The second kappa shape index (κ2) is 15.1. The number of aromatic hydroxyl groups is 2. The lowest BCUT2D eigenvalue weighted by molar-refractivity contribution is -0.112. The first-order chi connectivity index (χ1) is 20.4. The number of anilines is 2. The van der Waals surface area contributed by atoms with Gasteiger partial charge in [0, 0.05) is 50.4 Å². The van der Waals surface area contributed by atoms with E-state index in [9.17, 15) is 30.0 Å². The molecule has 12 heteroatoms. The van der Waals surface area contributed by atoms with Crippen LogP contribution in [0.25, 0.3) is 6.08 Å². The summed E-state index contributed by atoms with van der Waals surface area (Å²) in [5, 5.41) is 46.4. The summed E-state index contributed by atoms with van der Waals surface area (Å²) in [5.41, 5.74) is 7.36. The number of hydrogen-bond donors (Lipinski definition) is 6. The highest BCUT2D eigenvalue weighted by atomic mass is 16.6. The number of benzene rings is 1. The monoisotopic (exact) mass is 601 g/mol. The van der Waals surface area contributed by atoms with Crippen LogP contribution in [0.5, 0.6) is 11.5 Å². The second-order valence-corrected chi connectivity index (χ2v) is 10.9. The summed E-state index contributed by atoms with van der Waals surface area (Å²) >= 11 is 0. The number of nitrogens with two attached hydrogens (primary N) is 1. The number of phenolic OH excluding ortho intramolecular Hbond substituents is 2. The van der Waals surface area contributed by atoms with Crippen LogP contribution in [0.15, 0.2) is 47.1 Å². The predicted molar refractivity (Wildman–Crippen MR) is 163 cm³/mol. The summed E-state index contributed by atoms with van der Waals surface area (Å²) in [5.74, 6) is -1.42. The molecule has 0 aromatic heterocycles. The highest BCUT2D eigenvalue weighted by molar-refractivity contribution is 6.05. The summed E-state index contributed by atoms with van der Waals surface area (Å²) < 4.78 is 16.5. The lowest BCUT2D eigenvalue weighted by atomic mass is 9.91. The molecule has 2 heterocycles. The van der Waals surface area contributed by atoms with Gasteiger partial charge in [-0.3, -0.25) is 4.79 Å². The Balaban J connectivity index is 2.18. The van der Waals surface area contributed by atoms with Crippen LogP contribution in [0.2, 0.25) is 0 Å². The van der Waals surface area contributed by atoms with Gasteiger partial charge in [0.05, 0.1) is 30.2 Å². The first-order valence-corrected chi connectivity index (χ1v) is 14.1. The van der Waals surface area contributed by atoms with Gasteiger partial charge in [-0.2, -0.15) is 0 Å². The van der Waals surface area contributed by atoms with Crippen LogP contribution in [0, 0.1) is 5.92 Å². The van der Waals surface area contributed by atoms with Crippen molar-refractivity contribution < 1.29 is 44.2 Å². The molecule has 43 heavy (non-hydrogen) atoms. The molecular weight excluding hydrogens is 558 g/mol. The Morgan fingerprint density at radius 2 is 1.88 bits per heavy atom. The molecule has 1 aromatic rings. The molecule has 2 bridgehead atoms. The second-order valence-electron chi connectivity index (χ2n) is 10.9. The molecule has 1 aromatic carbocycles. The van der Waals surface area contributed by atoms with E-state index in [1.165, 1.54) is 38.5 Å². The van der Waals surface area contributed by atoms with Gasteiger partial charge in [0.25, 0.3) is 5.91 Å². The van der Waals surface area contributed by atoms with Gasteiger partial charge in [0.1, 0.15) is 17.6 Å². The lowest BCUT2D eigenvalue weighted by Gasteiger charge is -2.35. The third kappa shape index (κ3) is 8.17. The van der Waals surface area contributed by atoms with Crippen molar-refractivity contribution in [3.63, 3.8) is 0 Å². The van der Waals surface area contributed by atoms with E-state index in [0.717, 1.165) is 12.0 Å². The number of ether oxygens (including phenoxy) is 3. The molecule has 2 aliphatic heterocycles. The van der Waals surface area contributed by atoms with E-state index in [1.54, 1.807) is 32.9 Å². The molecule has 2 aliphatic rings. The topological polar surface area (TPSA) is 184 Å². The molecule has 0 aliphatic carbocycles. The number of nitrogens with zero attached hydrogens (tertiary/aromatic N) is 1. The summed E-state index contributed by atoms with van der Waals surface area (Å²) in [7, 11) is 2.84. The number of carbonyl (C=O) groups excluding carboxylic acids is 2. The number of rotatable bonds is 5. The number of aliphatic hydroxyl groups excluding tert-OH is 2. The molecule has 5 unspecified atom stereocenters. The molecule has 5 atom stereocenters. The first-order valence-electron chi connectivity index (χ1n) is 14.1. The molecule has 7 N–H and O–H groups in total. The zero-order chi connectivity index (χ0) is 31.8. The van der Waals surface area contributed by atoms with Gasteiger partial charge in [0.2, 0.25) is 0 Å². The van der Waals surface area contributed by atoms with Crippen LogP contribution < -0.4 is 16.0 Å². The summed E-state index contributed by atoms with van der Waals surface area (Å²) in [6.07, 6.45) is 4.10. The number of allylic oxidation sites excluding steroid dienone is 2. The molecule has 3 rings (SSSR count). The average molecular weight is 602 g/mol. The average Bonchev–Trinajstić information content (AvgIpc) is 2.93. The number of fused-ring (bicyclic) bond motifs is 2. The van der Waals surface area contributed by atoms with Crippen LogP contribution in [0.1, 0.15) is 39.2 Å². The Bertz CT molecular complexity index is 1300. The van der Waals surface area contributed by atoms with Crippen molar-refractivity contribution in [3.05, 3.63) is 52.7 Å². The zero-order valence-corrected chi connectivity index (χ0v) is 25.2. The molecule has 12 nitrogen and oxygen atoms in total. The number of nitrogens with one attached hydrogen (secondary N) is 1. The minimum absolute atomic E-state index is 0.0268. The Labute approximate surface area is 251 Å². The third-order valence-corrected chi connectivity index (χ3v) is 7.69. The maximum atomic E-state index is 13.1. The number of methoxy groups -OCH3 is 2. The van der Waals surface area contributed by atoms with Crippen molar-refractivity contribution in [1.29, 1.82) is 0 Å². The minimum Gasteiger partial charge on any atom is -0.506 e. The number of carbonyl (C=O) groups is 2. The van der Waals surface area contributed by atoms with Crippen molar-refractivity contribution in [2.24, 2.45) is 11.7 Å². The quantitative estimate of drug-likeness (QED) is 0.167. The molecule has 2 amide bonds. The number of hydrogen-bond acceptors (Lipinski definition) is 10. The molecule has 0 saturated carbocycles. The van der Waals surface area contributed by atoms with Gasteiger partial charge in [-0.05, 0) is 38.3 Å². The van der Waals surface area contributed by atoms with E-state index < -0.39 is 48.9 Å². The molecule has 1 fully saturated rings. The molecule has 1 saturated heterocycles. The van der Waals surface area contributed by atoms with Crippen molar-refractivity contribution >= 4 is 29.5 Å². The van der Waals surface area contributed by atoms with Crippen molar-refractivity contribution in [3.8, 4) is 11.5 Å². The standard InChI is InChI=1S/C31H43N3O9/c1-17-12-21-26(34-10-7-11-34)23(36)15-22(28(21)38)33-30(39)18(2)8-6-9-24(41-4)29(43-31(32)40)20(16-35)14-19(3)27(37)25(13-17)42-5/h6,8-9,12,14-15,19,24-25,27,29,35-38H,7,10-11,13,16H2,1-5H3,(H2,32,40)(H,33,39). The van der Waals surface area contributed by atoms with Crippen LogP contribution in [0.3, 0.4) is 0 Å². The fourth-order valence-electron chi connectivity index (χ4n) is 5.14. The summed E-state index contributed by atoms with van der Waals surface area (Å²) in [4.78, 5) is 26.8. The highest BCUT2D eigenvalue weighted by Crippen LogP contribution is 2.45. The number of primary amides is 1. The predicted octanol–water partition coefficient (Wildman–Crippen LogP) is 2.97. The van der Waals surface area contributed by atoms with Gasteiger partial charge in [0.15, 0.2) is 6.10 Å². The molecular formula is C31H43N3O9. The van der Waals surface area contributed by atoms with Crippen LogP contribution in [-0.2, 0) is 19.0 Å². The SMILES string of the molecule is COC1C=CC=C(C)C(=O)Nc2cc(O)c(N3CCC3)c(c2O)C=C(C)CC(OC)C(O)C(C)C=C(CO)C1OC(N)=O. The van der Waals surface area contributed by atoms with Crippen molar-refractivity contribution in [2.75, 3.05) is 44.1 Å². The first kappa shape index (κ1) is 33.7. The number of aliphatic hydroxyl groups is 2. The Morgan fingerprint density at radius 1 is 1.19 bits per heavy atom. The Kier molecular flexibility index (Phi) is 11.8. The number of phenols is 2. The van der Waals surface area contributed by atoms with Crippen LogP contribution in [0.4, 0.5) is 16.2 Å². The smallest absolute Gasteiger partial charge is 0.405 e. The highest BCUT2D eigenvalue weighted by Gasteiger charge is 2.31. The Morgan fingerprint density at radius 3 is 2.44 bits per heavy atom. The summed E-state index contributed by atoms with van der Waals surface area (Å²) in [6, 6.07) is 1.32. The fraction of sp³-hybridized carbons (Fsp3) is 0.484. The van der Waals surface area contributed by atoms with Gasteiger partial charge in [-0.1, -0.05) is 36.8 Å². The van der Waals surface area contributed by atoms with Crippen LogP contribution in [-0.4, -0.2) is 90.8 Å². The van der Waals surface area contributed by atoms with Crippen LogP contribution >= 0.6 is 0 Å². The molecule has 0 radical (unpaired) electrons. The van der Waals surface area contributed by atoms with E-state index in [2.05, 4.69) is 5.32 Å². The van der Waals surface area contributed by atoms with E-state index in [-0.39, 0.29) is 34.8 Å². The van der Waals surface area contributed by atoms with Gasteiger partial charge in [-0.25, -0.2) is 4.79 Å². The summed E-state index contributed by atoms with van der Waals surface area (Å²) in [6.45, 7) is 5.98. The largest absolute Gasteiger partial charge is 0.506 e. The molecule has 236 valence electrons. The van der Waals surface area contributed by atoms with E-state index in [0.29, 0.717) is 24.3 Å². The zero-order valence-electron chi connectivity index (χ0n) is 25.2. The third-order valence-electron chi connectivity index (χ3n) is 7.69. The molecule has 0 spiro atoms. The minimum atomic E-state index is -1.13. The maximum Gasteiger partial charge on any atom is 0.405 e. The van der Waals surface area contributed by atoms with E-state index in [1.807, 2.05) is 4.90 Å². The van der Waals surface area contributed by atoms with Gasteiger partial charge in [-0.15, -0.1) is 0 Å². The number of amides is 2. The Hall–Kier alpha value is -3.84. The van der Waals surface area contributed by atoms with E-state index >= 15 is 0 Å². The lowest BCUT2D eigenvalue weighted by Crippen LogP contribution is -2.38.